The second-order valence-corrected chi connectivity index (χ2v) is 5.96. The van der Waals surface area contributed by atoms with Gasteiger partial charge in [0.2, 0.25) is 0 Å². The summed E-state index contributed by atoms with van der Waals surface area (Å²) in [6.07, 6.45) is 3.64. The topological polar surface area (TPSA) is 90.1 Å². The molecule has 0 saturated carbocycles. The number of nitrogens with one attached hydrogen (secondary N) is 1. The number of hydrogen-bond donors (Lipinski definition) is 1. The van der Waals surface area contributed by atoms with Crippen molar-refractivity contribution in [3.8, 4) is 0 Å². The van der Waals surface area contributed by atoms with Crippen molar-refractivity contribution in [1.82, 2.24) is 15.1 Å². The summed E-state index contributed by atoms with van der Waals surface area (Å²) in [5.74, 6) is -0.261. The number of rotatable bonds is 6. The first kappa shape index (κ1) is 17.3. The van der Waals surface area contributed by atoms with Crippen LogP contribution < -0.4 is 5.32 Å². The number of carbonyl (C=O) groups is 1. The van der Waals surface area contributed by atoms with E-state index in [2.05, 4.69) is 10.4 Å². The summed E-state index contributed by atoms with van der Waals surface area (Å²) in [4.78, 5) is 22.6. The minimum Gasteiger partial charge on any atom is -0.348 e. The molecule has 0 aliphatic carbocycles. The lowest BCUT2D eigenvalue weighted by Crippen LogP contribution is -2.22. The van der Waals surface area contributed by atoms with Crippen LogP contribution in [0.15, 0.2) is 60.9 Å². The predicted octanol–water partition coefficient (Wildman–Crippen LogP) is 3.08. The third-order valence-corrected chi connectivity index (χ3v) is 4.04. The van der Waals surface area contributed by atoms with E-state index < -0.39 is 4.92 Å². The number of hydrogen-bond acceptors (Lipinski definition) is 4. The SMILES string of the molecule is Cc1cc(C(=O)NCc2ccc(Cn3cccn3)cc2)ccc1[N+](=O)[O-]. The Kier molecular flexibility index (Phi) is 5.07. The van der Waals surface area contributed by atoms with E-state index in [1.165, 1.54) is 18.2 Å². The van der Waals surface area contributed by atoms with Crippen LogP contribution in [0, 0.1) is 17.0 Å². The maximum absolute atomic E-state index is 12.2. The van der Waals surface area contributed by atoms with Crippen LogP contribution in [-0.2, 0) is 13.1 Å². The van der Waals surface area contributed by atoms with Crippen molar-refractivity contribution in [1.29, 1.82) is 0 Å². The zero-order valence-corrected chi connectivity index (χ0v) is 14.3. The Morgan fingerprint density at radius 2 is 1.92 bits per heavy atom. The van der Waals surface area contributed by atoms with Crippen LogP contribution in [0.5, 0.6) is 0 Å². The van der Waals surface area contributed by atoms with Gasteiger partial charge >= 0.3 is 0 Å². The number of nitro benzene ring substituents is 1. The van der Waals surface area contributed by atoms with Crippen LogP contribution >= 0.6 is 0 Å². The summed E-state index contributed by atoms with van der Waals surface area (Å²) < 4.78 is 1.84. The summed E-state index contributed by atoms with van der Waals surface area (Å²) in [7, 11) is 0. The quantitative estimate of drug-likeness (QED) is 0.546. The van der Waals surface area contributed by atoms with Gasteiger partial charge in [-0.3, -0.25) is 19.6 Å². The third-order valence-electron chi connectivity index (χ3n) is 4.04. The zero-order valence-electron chi connectivity index (χ0n) is 14.3. The molecule has 3 rings (SSSR count). The minimum absolute atomic E-state index is 0.00863. The van der Waals surface area contributed by atoms with Crippen LogP contribution in [0.25, 0.3) is 0 Å². The molecule has 0 aliphatic heterocycles. The fraction of sp³-hybridized carbons (Fsp3) is 0.158. The second-order valence-electron chi connectivity index (χ2n) is 5.96. The maximum atomic E-state index is 12.2. The number of benzene rings is 2. The maximum Gasteiger partial charge on any atom is 0.272 e. The van der Waals surface area contributed by atoms with E-state index in [9.17, 15) is 14.9 Å². The number of amides is 1. The van der Waals surface area contributed by atoms with Crippen molar-refractivity contribution < 1.29 is 9.72 Å². The van der Waals surface area contributed by atoms with E-state index in [1.54, 1.807) is 13.1 Å². The van der Waals surface area contributed by atoms with Crippen LogP contribution in [-0.4, -0.2) is 20.6 Å². The number of nitrogens with zero attached hydrogens (tertiary/aromatic N) is 3. The minimum atomic E-state index is -0.457. The molecule has 0 radical (unpaired) electrons. The second kappa shape index (κ2) is 7.60. The monoisotopic (exact) mass is 350 g/mol. The van der Waals surface area contributed by atoms with Crippen LogP contribution in [0.1, 0.15) is 27.0 Å². The highest BCUT2D eigenvalue weighted by Gasteiger charge is 2.13. The number of aromatic nitrogens is 2. The van der Waals surface area contributed by atoms with Gasteiger partial charge in [-0.25, -0.2) is 0 Å². The standard InChI is InChI=1S/C19H18N4O3/c1-14-11-17(7-8-18(14)23(25)26)19(24)20-12-15-3-5-16(6-4-15)13-22-10-2-9-21-22/h2-11H,12-13H2,1H3,(H,20,24). The molecule has 0 fully saturated rings. The van der Waals surface area contributed by atoms with Crippen LogP contribution in [0.4, 0.5) is 5.69 Å². The van der Waals surface area contributed by atoms with E-state index >= 15 is 0 Å². The lowest BCUT2D eigenvalue weighted by atomic mass is 10.1. The van der Waals surface area contributed by atoms with E-state index in [4.69, 9.17) is 0 Å². The summed E-state index contributed by atoms with van der Waals surface area (Å²) in [5, 5.41) is 17.8. The van der Waals surface area contributed by atoms with Crippen molar-refractivity contribution in [3.05, 3.63) is 93.3 Å². The summed E-state index contributed by atoms with van der Waals surface area (Å²) in [6.45, 7) is 2.70. The highest BCUT2D eigenvalue weighted by Crippen LogP contribution is 2.18. The molecule has 0 atom stereocenters. The molecule has 132 valence electrons. The average Bonchev–Trinajstić information content (AvgIpc) is 3.13. The molecule has 3 aromatic rings. The lowest BCUT2D eigenvalue weighted by molar-refractivity contribution is -0.385. The summed E-state index contributed by atoms with van der Waals surface area (Å²) in [6, 6.07) is 14.1. The van der Waals surface area contributed by atoms with Gasteiger partial charge < -0.3 is 5.32 Å². The average molecular weight is 350 g/mol. The van der Waals surface area contributed by atoms with Crippen molar-refractivity contribution in [2.24, 2.45) is 0 Å². The van der Waals surface area contributed by atoms with Gasteiger partial charge in [-0.05, 0) is 36.2 Å². The highest BCUT2D eigenvalue weighted by atomic mass is 16.6. The van der Waals surface area contributed by atoms with Crippen molar-refractivity contribution in [2.45, 2.75) is 20.0 Å². The smallest absolute Gasteiger partial charge is 0.272 e. The van der Waals surface area contributed by atoms with E-state index in [1.807, 2.05) is 41.2 Å². The van der Waals surface area contributed by atoms with Gasteiger partial charge in [0, 0.05) is 36.1 Å². The van der Waals surface area contributed by atoms with Gasteiger partial charge in [-0.2, -0.15) is 5.10 Å². The fourth-order valence-corrected chi connectivity index (χ4v) is 2.63. The molecular formula is C19H18N4O3. The summed E-state index contributed by atoms with van der Waals surface area (Å²) in [5.41, 5.74) is 2.97. The molecule has 1 N–H and O–H groups in total. The molecule has 0 unspecified atom stereocenters. The molecule has 0 aliphatic rings. The van der Waals surface area contributed by atoms with Gasteiger partial charge in [0.05, 0.1) is 11.5 Å². The lowest BCUT2D eigenvalue weighted by Gasteiger charge is -2.08. The van der Waals surface area contributed by atoms with E-state index in [0.29, 0.717) is 24.2 Å². The fourth-order valence-electron chi connectivity index (χ4n) is 2.63. The Balaban J connectivity index is 1.59. The van der Waals surface area contributed by atoms with Crippen LogP contribution in [0.3, 0.4) is 0 Å². The largest absolute Gasteiger partial charge is 0.348 e. The van der Waals surface area contributed by atoms with Gasteiger partial charge in [-0.15, -0.1) is 0 Å². The normalized spacial score (nSPS) is 10.5. The van der Waals surface area contributed by atoms with E-state index in [-0.39, 0.29) is 11.6 Å². The van der Waals surface area contributed by atoms with Gasteiger partial charge in [0.25, 0.3) is 11.6 Å². The Labute approximate surface area is 150 Å². The van der Waals surface area contributed by atoms with Gasteiger partial charge in [-0.1, -0.05) is 24.3 Å². The molecule has 1 heterocycles. The van der Waals surface area contributed by atoms with Gasteiger partial charge in [0.1, 0.15) is 0 Å². The first-order valence-corrected chi connectivity index (χ1v) is 8.11. The molecule has 0 spiro atoms. The molecule has 0 bridgehead atoms. The van der Waals surface area contributed by atoms with Crippen molar-refractivity contribution in [2.75, 3.05) is 0 Å². The number of carbonyl (C=O) groups excluding carboxylic acids is 1. The Hall–Kier alpha value is -3.48. The number of aryl methyl sites for hydroxylation is 1. The highest BCUT2D eigenvalue weighted by molar-refractivity contribution is 5.94. The first-order valence-electron chi connectivity index (χ1n) is 8.11. The van der Waals surface area contributed by atoms with Crippen molar-refractivity contribution >= 4 is 11.6 Å². The van der Waals surface area contributed by atoms with Crippen molar-refractivity contribution in [3.63, 3.8) is 0 Å². The number of nitro groups is 1. The molecule has 0 saturated heterocycles. The Bertz CT molecular complexity index is 918. The third kappa shape index (κ3) is 4.13. The molecule has 1 amide bonds. The Morgan fingerprint density at radius 3 is 2.54 bits per heavy atom. The molecule has 1 aromatic heterocycles. The predicted molar refractivity (Wildman–Crippen MR) is 96.8 cm³/mol. The van der Waals surface area contributed by atoms with E-state index in [0.717, 1.165) is 11.1 Å². The molecular weight excluding hydrogens is 332 g/mol. The summed E-state index contributed by atoms with van der Waals surface area (Å²) >= 11 is 0. The zero-order chi connectivity index (χ0) is 18.5. The molecule has 26 heavy (non-hydrogen) atoms. The molecule has 7 nitrogen and oxygen atoms in total. The first-order chi connectivity index (χ1) is 12.5. The molecule has 7 heteroatoms. The molecule has 2 aromatic carbocycles. The van der Waals surface area contributed by atoms with Gasteiger partial charge in [0.15, 0.2) is 0 Å². The Morgan fingerprint density at radius 1 is 1.19 bits per heavy atom. The van der Waals surface area contributed by atoms with Crippen LogP contribution in [0.2, 0.25) is 0 Å².